The molecule has 1 unspecified atom stereocenters. The minimum Gasteiger partial charge on any atom is -0.444 e. The van der Waals surface area contributed by atoms with E-state index in [4.69, 9.17) is 26.2 Å². The first-order valence-corrected chi connectivity index (χ1v) is 10.1. The fraction of sp³-hybridized carbons (Fsp3) is 0.632. The molecule has 28 heavy (non-hydrogen) atoms. The Labute approximate surface area is 169 Å². The van der Waals surface area contributed by atoms with Crippen LogP contribution in [0.3, 0.4) is 0 Å². The number of aromatic nitrogens is 3. The summed E-state index contributed by atoms with van der Waals surface area (Å²) in [6.45, 7) is 7.63. The normalized spacial score (nSPS) is 20.9. The molecule has 0 bridgehead atoms. The molecule has 4 rings (SSSR count). The van der Waals surface area contributed by atoms with Crippen molar-refractivity contribution < 1.29 is 14.3 Å². The van der Waals surface area contributed by atoms with Crippen LogP contribution in [0.2, 0.25) is 5.15 Å². The lowest BCUT2D eigenvalue weighted by molar-refractivity contribution is -0.0365. The number of amides is 1. The third kappa shape index (κ3) is 4.03. The van der Waals surface area contributed by atoms with Gasteiger partial charge in [-0.05, 0) is 40.0 Å². The van der Waals surface area contributed by atoms with E-state index >= 15 is 0 Å². The highest BCUT2D eigenvalue weighted by Gasteiger charge is 2.33. The van der Waals surface area contributed by atoms with Crippen molar-refractivity contribution in [3.05, 3.63) is 17.4 Å². The predicted octanol–water partition coefficient (Wildman–Crippen LogP) is 3.50. The van der Waals surface area contributed by atoms with Gasteiger partial charge >= 0.3 is 6.09 Å². The molecule has 9 heteroatoms. The number of hydrogen-bond donors (Lipinski definition) is 1. The average Bonchev–Trinajstić information content (AvgIpc) is 2.95. The fourth-order valence-electron chi connectivity index (χ4n) is 3.58. The Hall–Kier alpha value is -2.06. The van der Waals surface area contributed by atoms with Gasteiger partial charge < -0.3 is 19.7 Å². The molecular weight excluding hydrogens is 382 g/mol. The van der Waals surface area contributed by atoms with E-state index in [1.807, 2.05) is 31.5 Å². The van der Waals surface area contributed by atoms with E-state index in [0.29, 0.717) is 18.2 Å². The van der Waals surface area contributed by atoms with Gasteiger partial charge in [0.15, 0.2) is 12.0 Å². The summed E-state index contributed by atoms with van der Waals surface area (Å²) in [5, 5.41) is 9.10. The molecule has 1 N–H and O–H groups in total. The molecule has 0 aromatic carbocycles. The largest absolute Gasteiger partial charge is 0.444 e. The van der Waals surface area contributed by atoms with Crippen LogP contribution in [-0.4, -0.2) is 52.2 Å². The standard InChI is InChI=1S/C19H26ClN5O3/c1-19(2,3)28-18(26)22-12-10-24(11-12)17-13-9-21-15(20)8-14(13)25(23-17)16-6-4-5-7-27-16/h8-9,12,16H,4-7,10-11H2,1-3H3,(H,22,26). The van der Waals surface area contributed by atoms with E-state index in [9.17, 15) is 4.79 Å². The van der Waals surface area contributed by atoms with Gasteiger partial charge in [-0.25, -0.2) is 14.5 Å². The molecule has 1 amide bonds. The van der Waals surface area contributed by atoms with Gasteiger partial charge in [0.2, 0.25) is 0 Å². The predicted molar refractivity (Wildman–Crippen MR) is 107 cm³/mol. The Morgan fingerprint density at radius 1 is 1.36 bits per heavy atom. The van der Waals surface area contributed by atoms with Crippen molar-refractivity contribution in [1.29, 1.82) is 0 Å². The number of hydrogen-bond acceptors (Lipinski definition) is 6. The first-order valence-electron chi connectivity index (χ1n) is 9.70. The van der Waals surface area contributed by atoms with Crippen LogP contribution < -0.4 is 10.2 Å². The molecule has 2 aromatic heterocycles. The molecule has 4 heterocycles. The van der Waals surface area contributed by atoms with Crippen molar-refractivity contribution in [3.8, 4) is 0 Å². The summed E-state index contributed by atoms with van der Waals surface area (Å²) in [7, 11) is 0. The van der Waals surface area contributed by atoms with Crippen molar-refractivity contribution in [2.45, 2.75) is 57.9 Å². The molecular formula is C19H26ClN5O3. The van der Waals surface area contributed by atoms with Crippen LogP contribution in [0.25, 0.3) is 10.9 Å². The molecule has 1 atom stereocenters. The van der Waals surface area contributed by atoms with Gasteiger partial charge in [0.05, 0.1) is 16.9 Å². The summed E-state index contributed by atoms with van der Waals surface area (Å²) in [5.41, 5.74) is 0.415. The highest BCUT2D eigenvalue weighted by atomic mass is 35.5. The number of alkyl carbamates (subject to hydrolysis) is 1. The number of pyridine rings is 1. The molecule has 2 aliphatic heterocycles. The van der Waals surface area contributed by atoms with Gasteiger partial charge in [-0.15, -0.1) is 0 Å². The van der Waals surface area contributed by atoms with E-state index in [2.05, 4.69) is 15.2 Å². The fourth-order valence-corrected chi connectivity index (χ4v) is 3.73. The highest BCUT2D eigenvalue weighted by Crippen LogP contribution is 2.34. The van der Waals surface area contributed by atoms with Crippen molar-refractivity contribution in [2.24, 2.45) is 0 Å². The average molecular weight is 408 g/mol. The van der Waals surface area contributed by atoms with Gasteiger partial charge in [-0.1, -0.05) is 11.6 Å². The van der Waals surface area contributed by atoms with Crippen molar-refractivity contribution >= 4 is 34.4 Å². The highest BCUT2D eigenvalue weighted by molar-refractivity contribution is 6.30. The van der Waals surface area contributed by atoms with Crippen molar-refractivity contribution in [2.75, 3.05) is 24.6 Å². The van der Waals surface area contributed by atoms with E-state index in [0.717, 1.165) is 42.6 Å². The zero-order valence-corrected chi connectivity index (χ0v) is 17.2. The van der Waals surface area contributed by atoms with Gasteiger partial charge in [0.25, 0.3) is 0 Å². The van der Waals surface area contributed by atoms with Crippen LogP contribution in [0.4, 0.5) is 10.6 Å². The number of rotatable bonds is 3. The second-order valence-corrected chi connectivity index (χ2v) is 8.75. The maximum Gasteiger partial charge on any atom is 0.407 e. The summed E-state index contributed by atoms with van der Waals surface area (Å²) in [6.07, 6.45) is 4.41. The summed E-state index contributed by atoms with van der Waals surface area (Å²) in [6, 6.07) is 1.86. The quantitative estimate of drug-likeness (QED) is 0.784. The molecule has 0 aliphatic carbocycles. The van der Waals surface area contributed by atoms with Gasteiger partial charge in [0.1, 0.15) is 10.8 Å². The monoisotopic (exact) mass is 407 g/mol. The van der Waals surface area contributed by atoms with E-state index in [1.54, 1.807) is 6.20 Å². The van der Waals surface area contributed by atoms with Crippen LogP contribution in [0, 0.1) is 0 Å². The van der Waals surface area contributed by atoms with E-state index in [1.165, 1.54) is 0 Å². The molecule has 2 fully saturated rings. The zero-order valence-electron chi connectivity index (χ0n) is 16.4. The summed E-state index contributed by atoms with van der Waals surface area (Å²) >= 11 is 6.13. The summed E-state index contributed by atoms with van der Waals surface area (Å²) < 4.78 is 13.2. The number of nitrogens with zero attached hydrogens (tertiary/aromatic N) is 4. The molecule has 2 aromatic rings. The number of ether oxygens (including phenoxy) is 2. The number of anilines is 1. The molecule has 2 saturated heterocycles. The number of carbonyl (C=O) groups is 1. The number of nitrogens with one attached hydrogen (secondary N) is 1. The Morgan fingerprint density at radius 2 is 2.14 bits per heavy atom. The summed E-state index contributed by atoms with van der Waals surface area (Å²) in [4.78, 5) is 18.3. The first-order chi connectivity index (χ1) is 13.3. The lowest BCUT2D eigenvalue weighted by atomic mass is 10.1. The molecule has 0 saturated carbocycles. The second-order valence-electron chi connectivity index (χ2n) is 8.36. The molecule has 8 nitrogen and oxygen atoms in total. The van der Waals surface area contributed by atoms with E-state index in [-0.39, 0.29) is 12.3 Å². The third-order valence-corrected chi connectivity index (χ3v) is 5.08. The maximum absolute atomic E-state index is 12.0. The Balaban J connectivity index is 1.50. The van der Waals surface area contributed by atoms with E-state index < -0.39 is 11.7 Å². The van der Waals surface area contributed by atoms with Crippen LogP contribution in [-0.2, 0) is 9.47 Å². The zero-order chi connectivity index (χ0) is 19.9. The minimum atomic E-state index is -0.507. The Bertz CT molecular complexity index is 866. The number of fused-ring (bicyclic) bond motifs is 1. The molecule has 152 valence electrons. The minimum absolute atomic E-state index is 0.0289. The number of carbonyl (C=O) groups excluding carboxylic acids is 1. The van der Waals surface area contributed by atoms with Gasteiger partial charge in [-0.3, -0.25) is 0 Å². The SMILES string of the molecule is CC(C)(C)OC(=O)NC1CN(c2nn(C3CCCCO3)c3cc(Cl)ncc23)C1. The maximum atomic E-state index is 12.0. The lowest BCUT2D eigenvalue weighted by Gasteiger charge is -2.40. The smallest absolute Gasteiger partial charge is 0.407 e. The lowest BCUT2D eigenvalue weighted by Crippen LogP contribution is -2.60. The molecule has 0 radical (unpaired) electrons. The summed E-state index contributed by atoms with van der Waals surface area (Å²) in [5.74, 6) is 0.843. The van der Waals surface area contributed by atoms with Gasteiger partial charge in [-0.2, -0.15) is 5.10 Å². The van der Waals surface area contributed by atoms with Crippen LogP contribution in [0.1, 0.15) is 46.3 Å². The third-order valence-electron chi connectivity index (χ3n) is 4.87. The number of halogens is 1. The Morgan fingerprint density at radius 3 is 2.82 bits per heavy atom. The topological polar surface area (TPSA) is 81.5 Å². The second kappa shape index (κ2) is 7.40. The van der Waals surface area contributed by atoms with Crippen molar-refractivity contribution in [3.63, 3.8) is 0 Å². The Kier molecular flexibility index (Phi) is 5.09. The first kappa shape index (κ1) is 19.3. The van der Waals surface area contributed by atoms with Crippen LogP contribution >= 0.6 is 11.6 Å². The van der Waals surface area contributed by atoms with Crippen molar-refractivity contribution in [1.82, 2.24) is 20.1 Å². The molecule has 0 spiro atoms. The van der Waals surface area contributed by atoms with Crippen LogP contribution in [0.15, 0.2) is 12.3 Å². The molecule has 2 aliphatic rings. The van der Waals surface area contributed by atoms with Gasteiger partial charge in [0, 0.05) is 32.0 Å². The van der Waals surface area contributed by atoms with Crippen LogP contribution in [0.5, 0.6) is 0 Å².